The van der Waals surface area contributed by atoms with E-state index in [1.807, 2.05) is 17.2 Å². The summed E-state index contributed by atoms with van der Waals surface area (Å²) < 4.78 is 6.25. The highest BCUT2D eigenvalue weighted by Crippen LogP contribution is 2.43. The topological polar surface area (TPSA) is 61.5 Å². The maximum atomic E-state index is 12.0. The summed E-state index contributed by atoms with van der Waals surface area (Å²) in [4.78, 5) is 16.2. The van der Waals surface area contributed by atoms with Crippen LogP contribution in [0.3, 0.4) is 0 Å². The van der Waals surface area contributed by atoms with Crippen molar-refractivity contribution in [1.82, 2.24) is 20.0 Å². The summed E-state index contributed by atoms with van der Waals surface area (Å²) in [5.41, 5.74) is 5.21. The van der Waals surface area contributed by atoms with Gasteiger partial charge in [-0.2, -0.15) is 5.10 Å². The van der Waals surface area contributed by atoms with Crippen molar-refractivity contribution in [1.29, 1.82) is 0 Å². The molecule has 0 unspecified atom stereocenters. The number of amides is 1. The Labute approximate surface area is 180 Å². The number of aryl methyl sites for hydroxylation is 1. The fourth-order valence-corrected chi connectivity index (χ4v) is 4.87. The van der Waals surface area contributed by atoms with Crippen LogP contribution in [0.4, 0.5) is 0 Å². The van der Waals surface area contributed by atoms with Crippen molar-refractivity contribution >= 4 is 28.4 Å². The average Bonchev–Trinajstić information content (AvgIpc) is 3.14. The molecule has 0 spiro atoms. The van der Waals surface area contributed by atoms with Gasteiger partial charge in [-0.15, -0.1) is 0 Å². The first-order chi connectivity index (χ1) is 14.6. The van der Waals surface area contributed by atoms with E-state index >= 15 is 0 Å². The van der Waals surface area contributed by atoms with Crippen LogP contribution in [0.1, 0.15) is 11.1 Å². The van der Waals surface area contributed by atoms with E-state index in [0.29, 0.717) is 24.7 Å². The number of nitrogens with one attached hydrogen (secondary N) is 1. The smallest absolute Gasteiger partial charge is 0.246 e. The first-order valence-electron chi connectivity index (χ1n) is 10.1. The van der Waals surface area contributed by atoms with E-state index in [9.17, 15) is 4.79 Å². The van der Waals surface area contributed by atoms with E-state index in [1.165, 1.54) is 6.08 Å². The number of fused-ring (bicyclic) bond motifs is 3. The summed E-state index contributed by atoms with van der Waals surface area (Å²) in [6, 6.07) is 8.43. The third-order valence-corrected chi connectivity index (χ3v) is 6.54. The van der Waals surface area contributed by atoms with Crippen molar-refractivity contribution in [2.24, 2.45) is 0 Å². The van der Waals surface area contributed by atoms with Crippen molar-refractivity contribution < 1.29 is 9.53 Å². The zero-order chi connectivity index (χ0) is 20.8. The number of nitrogens with zero attached hydrogens (tertiary/aromatic N) is 3. The third kappa shape index (κ3) is 3.07. The molecule has 0 radical (unpaired) electrons. The Morgan fingerprint density at radius 3 is 3.03 bits per heavy atom. The number of aromatic nitrogens is 2. The number of aromatic amines is 1. The van der Waals surface area contributed by atoms with Gasteiger partial charge in [0.1, 0.15) is 12.4 Å². The molecule has 7 heteroatoms. The Morgan fingerprint density at radius 2 is 2.20 bits per heavy atom. The zero-order valence-electron chi connectivity index (χ0n) is 16.8. The number of piperazine rings is 1. The van der Waals surface area contributed by atoms with Crippen LogP contribution < -0.4 is 4.74 Å². The van der Waals surface area contributed by atoms with Gasteiger partial charge in [-0.1, -0.05) is 36.4 Å². The Hall–Kier alpha value is -2.83. The van der Waals surface area contributed by atoms with E-state index in [2.05, 4.69) is 46.8 Å². The van der Waals surface area contributed by atoms with Gasteiger partial charge in [0.05, 0.1) is 22.8 Å². The monoisotopic (exact) mass is 422 g/mol. The number of rotatable bonds is 2. The molecule has 3 aromatic rings. The molecular formula is C23H23ClN4O2. The lowest BCUT2D eigenvalue weighted by molar-refractivity contribution is -0.129. The molecule has 2 aliphatic rings. The fourth-order valence-electron chi connectivity index (χ4n) is 4.54. The molecule has 5 rings (SSSR count). The van der Waals surface area contributed by atoms with Crippen LogP contribution in [0.2, 0.25) is 5.02 Å². The highest BCUT2D eigenvalue weighted by Gasteiger charge is 2.33. The predicted molar refractivity (Wildman–Crippen MR) is 118 cm³/mol. The number of ether oxygens (including phenoxy) is 1. The maximum absolute atomic E-state index is 12.0. The van der Waals surface area contributed by atoms with E-state index in [4.69, 9.17) is 16.3 Å². The molecule has 1 aromatic heterocycles. The van der Waals surface area contributed by atoms with E-state index < -0.39 is 0 Å². The molecule has 3 heterocycles. The second-order valence-electron chi connectivity index (χ2n) is 7.93. The number of carbonyl (C=O) groups excluding carboxylic acids is 1. The van der Waals surface area contributed by atoms with Gasteiger partial charge in [-0.05, 0) is 30.2 Å². The van der Waals surface area contributed by atoms with Gasteiger partial charge < -0.3 is 9.64 Å². The van der Waals surface area contributed by atoms with Gasteiger partial charge in [0.15, 0.2) is 0 Å². The summed E-state index contributed by atoms with van der Waals surface area (Å²) >= 11 is 6.92. The summed E-state index contributed by atoms with van der Waals surface area (Å²) in [7, 11) is 0. The first kappa shape index (κ1) is 19.2. The number of halogens is 1. The molecule has 0 saturated carbocycles. The number of H-pyrrole nitrogens is 1. The highest BCUT2D eigenvalue weighted by atomic mass is 35.5. The van der Waals surface area contributed by atoms with Crippen molar-refractivity contribution in [3.05, 3.63) is 59.3 Å². The van der Waals surface area contributed by atoms with Crippen LogP contribution in [-0.2, 0) is 11.3 Å². The lowest BCUT2D eigenvalue weighted by atomic mass is 9.95. The number of hydrogen-bond acceptors (Lipinski definition) is 4. The summed E-state index contributed by atoms with van der Waals surface area (Å²) in [5, 5.41) is 8.89. The van der Waals surface area contributed by atoms with E-state index in [1.54, 1.807) is 0 Å². The first-order valence-corrected chi connectivity index (χ1v) is 10.5. The largest absolute Gasteiger partial charge is 0.490 e. The molecule has 1 saturated heterocycles. The van der Waals surface area contributed by atoms with Crippen LogP contribution in [0.15, 0.2) is 43.1 Å². The number of benzene rings is 2. The molecule has 1 N–H and O–H groups in total. The number of carbonyl (C=O) groups is 1. The quantitative estimate of drug-likeness (QED) is 0.638. The molecule has 30 heavy (non-hydrogen) atoms. The summed E-state index contributed by atoms with van der Waals surface area (Å²) in [6.45, 7) is 9.07. The van der Waals surface area contributed by atoms with Crippen LogP contribution in [0.5, 0.6) is 5.75 Å². The Bertz CT molecular complexity index is 1160. The van der Waals surface area contributed by atoms with Crippen molar-refractivity contribution in [2.75, 3.05) is 26.2 Å². The second kappa shape index (κ2) is 7.45. The molecule has 1 amide bonds. The lowest BCUT2D eigenvalue weighted by Gasteiger charge is -2.39. The highest BCUT2D eigenvalue weighted by molar-refractivity contribution is 6.35. The van der Waals surface area contributed by atoms with Crippen LogP contribution in [0, 0.1) is 6.92 Å². The SMILES string of the molecule is C=CC(=O)N1CCN2Cc3ccc(-c4c(C)ccc5[nH]ncc45)c(Cl)c3OC[C@H]2C1. The van der Waals surface area contributed by atoms with Crippen LogP contribution >= 0.6 is 11.6 Å². The number of hydrogen-bond donors (Lipinski definition) is 1. The molecule has 154 valence electrons. The Balaban J connectivity index is 1.51. The summed E-state index contributed by atoms with van der Waals surface area (Å²) in [6.07, 6.45) is 3.22. The summed E-state index contributed by atoms with van der Waals surface area (Å²) in [5.74, 6) is 0.713. The molecule has 1 atom stereocenters. The molecule has 0 aliphatic carbocycles. The lowest BCUT2D eigenvalue weighted by Crippen LogP contribution is -2.55. The van der Waals surface area contributed by atoms with Crippen LogP contribution in [0.25, 0.3) is 22.0 Å². The van der Waals surface area contributed by atoms with E-state index in [-0.39, 0.29) is 11.9 Å². The van der Waals surface area contributed by atoms with Gasteiger partial charge in [0.2, 0.25) is 5.91 Å². The molecule has 2 aromatic carbocycles. The van der Waals surface area contributed by atoms with Gasteiger partial charge in [-0.25, -0.2) is 0 Å². The standard InChI is InChI=1S/C23H23ClN4O2/c1-3-20(29)28-9-8-27-11-15-5-6-17(22(24)23(15)30-13-16(27)12-28)21-14(2)4-7-19-18(21)10-25-26-19/h3-7,10,16H,1,8-9,11-13H2,2H3,(H,25,26)/t16-/m1/s1. The van der Waals surface area contributed by atoms with Crippen LogP contribution in [-0.4, -0.2) is 58.2 Å². The van der Waals surface area contributed by atoms with Gasteiger partial charge in [-0.3, -0.25) is 14.8 Å². The minimum Gasteiger partial charge on any atom is -0.490 e. The second-order valence-corrected chi connectivity index (χ2v) is 8.31. The minimum absolute atomic E-state index is 0.0274. The molecule has 0 bridgehead atoms. The fraction of sp³-hybridized carbons (Fsp3) is 0.304. The third-order valence-electron chi connectivity index (χ3n) is 6.16. The predicted octanol–water partition coefficient (Wildman–Crippen LogP) is 3.78. The Kier molecular flexibility index (Phi) is 4.76. The van der Waals surface area contributed by atoms with Gasteiger partial charge >= 0.3 is 0 Å². The Morgan fingerprint density at radius 1 is 1.33 bits per heavy atom. The molecule has 1 fully saturated rings. The average molecular weight is 423 g/mol. The van der Waals surface area contributed by atoms with Crippen molar-refractivity contribution in [3.8, 4) is 16.9 Å². The normalized spacial score (nSPS) is 19.0. The molecule has 6 nitrogen and oxygen atoms in total. The minimum atomic E-state index is -0.0274. The van der Waals surface area contributed by atoms with E-state index in [0.717, 1.165) is 52.0 Å². The van der Waals surface area contributed by atoms with Gasteiger partial charge in [0.25, 0.3) is 0 Å². The zero-order valence-corrected chi connectivity index (χ0v) is 17.6. The van der Waals surface area contributed by atoms with Crippen molar-refractivity contribution in [3.63, 3.8) is 0 Å². The van der Waals surface area contributed by atoms with Gasteiger partial charge in [0, 0.05) is 42.7 Å². The maximum Gasteiger partial charge on any atom is 0.246 e. The molecular weight excluding hydrogens is 400 g/mol. The van der Waals surface area contributed by atoms with Crippen molar-refractivity contribution in [2.45, 2.75) is 19.5 Å². The molecule has 2 aliphatic heterocycles.